The third kappa shape index (κ3) is 1.91. The minimum atomic E-state index is 0.696. The molecule has 0 aliphatic carbocycles. The zero-order chi connectivity index (χ0) is 10.7. The summed E-state index contributed by atoms with van der Waals surface area (Å²) >= 11 is 0. The lowest BCUT2D eigenvalue weighted by Crippen LogP contribution is -2.01. The van der Waals surface area contributed by atoms with Crippen LogP contribution in [0.1, 0.15) is 5.56 Å². The van der Waals surface area contributed by atoms with Crippen LogP contribution in [0.15, 0.2) is 42.7 Å². The van der Waals surface area contributed by atoms with Gasteiger partial charge in [0, 0.05) is 12.4 Å². The molecule has 0 saturated carbocycles. The Morgan fingerprint density at radius 2 is 2.00 bits per heavy atom. The van der Waals surface area contributed by atoms with Gasteiger partial charge in [-0.25, -0.2) is 0 Å². The van der Waals surface area contributed by atoms with E-state index in [-0.39, 0.29) is 0 Å². The number of nitrogens with one attached hydrogen (secondary N) is 1. The lowest BCUT2D eigenvalue weighted by Gasteiger charge is -2.10. The van der Waals surface area contributed by atoms with Gasteiger partial charge >= 0.3 is 0 Å². The summed E-state index contributed by atoms with van der Waals surface area (Å²) in [7, 11) is 0. The van der Waals surface area contributed by atoms with Gasteiger partial charge in [-0.2, -0.15) is 0 Å². The van der Waals surface area contributed by atoms with Crippen LogP contribution in [0.5, 0.6) is 0 Å². The zero-order valence-corrected chi connectivity index (χ0v) is 8.47. The van der Waals surface area contributed by atoms with Crippen molar-refractivity contribution in [1.82, 2.24) is 4.57 Å². The molecule has 1 amide bonds. The lowest BCUT2D eigenvalue weighted by molar-refractivity contribution is -0.105. The summed E-state index contributed by atoms with van der Waals surface area (Å²) in [6.45, 7) is 2.00. The molecule has 1 heterocycles. The maximum absolute atomic E-state index is 10.5. The Morgan fingerprint density at radius 1 is 1.27 bits per heavy atom. The predicted molar refractivity (Wildman–Crippen MR) is 60.2 cm³/mol. The van der Waals surface area contributed by atoms with Gasteiger partial charge in [0.2, 0.25) is 6.41 Å². The van der Waals surface area contributed by atoms with Crippen molar-refractivity contribution in [1.29, 1.82) is 0 Å². The minimum absolute atomic E-state index is 0.696. The summed E-state index contributed by atoms with van der Waals surface area (Å²) in [5.74, 6) is 0. The first-order valence-corrected chi connectivity index (χ1v) is 4.75. The summed E-state index contributed by atoms with van der Waals surface area (Å²) < 4.78 is 1.96. The van der Waals surface area contributed by atoms with E-state index in [0.29, 0.717) is 6.41 Å². The minimum Gasteiger partial charge on any atom is -0.327 e. The van der Waals surface area contributed by atoms with Crippen LogP contribution in [0.4, 0.5) is 5.69 Å². The number of hydrogen-bond donors (Lipinski definition) is 1. The molecule has 2 rings (SSSR count). The van der Waals surface area contributed by atoms with E-state index in [1.165, 1.54) is 0 Å². The second kappa shape index (κ2) is 4.00. The highest BCUT2D eigenvalue weighted by atomic mass is 16.1. The molecule has 3 nitrogen and oxygen atoms in total. The van der Waals surface area contributed by atoms with E-state index in [4.69, 9.17) is 0 Å². The van der Waals surface area contributed by atoms with Gasteiger partial charge in [-0.1, -0.05) is 6.07 Å². The van der Waals surface area contributed by atoms with Gasteiger partial charge in [-0.15, -0.1) is 0 Å². The maximum Gasteiger partial charge on any atom is 0.211 e. The molecule has 0 radical (unpaired) electrons. The summed E-state index contributed by atoms with van der Waals surface area (Å²) in [6, 6.07) is 9.85. The molecule has 0 aliphatic rings. The van der Waals surface area contributed by atoms with Crippen molar-refractivity contribution in [3.8, 4) is 5.69 Å². The van der Waals surface area contributed by atoms with Crippen molar-refractivity contribution in [2.75, 3.05) is 5.32 Å². The fourth-order valence-electron chi connectivity index (χ4n) is 1.55. The molecule has 76 valence electrons. The van der Waals surface area contributed by atoms with Gasteiger partial charge in [-0.3, -0.25) is 4.79 Å². The molecular formula is C12H12N2O. The number of carbonyl (C=O) groups is 1. The number of carbonyl (C=O) groups excluding carboxylic acids is 1. The van der Waals surface area contributed by atoms with Crippen LogP contribution >= 0.6 is 0 Å². The average Bonchev–Trinajstić information content (AvgIpc) is 2.71. The Kier molecular flexibility index (Phi) is 2.54. The number of rotatable bonds is 3. The van der Waals surface area contributed by atoms with E-state index in [2.05, 4.69) is 5.32 Å². The van der Waals surface area contributed by atoms with E-state index in [9.17, 15) is 4.79 Å². The average molecular weight is 200 g/mol. The fraction of sp³-hybridized carbons (Fsp3) is 0.0833. The topological polar surface area (TPSA) is 34.0 Å². The predicted octanol–water partition coefficient (Wildman–Crippen LogP) is 2.35. The number of aromatic nitrogens is 1. The summed E-state index contributed by atoms with van der Waals surface area (Å²) in [5, 5.41) is 2.70. The van der Waals surface area contributed by atoms with E-state index in [1.807, 2.05) is 54.2 Å². The van der Waals surface area contributed by atoms with E-state index in [1.54, 1.807) is 0 Å². The molecule has 0 bridgehead atoms. The molecule has 1 aromatic heterocycles. The lowest BCUT2D eigenvalue weighted by atomic mass is 10.2. The van der Waals surface area contributed by atoms with Crippen LogP contribution in [0.25, 0.3) is 5.69 Å². The van der Waals surface area contributed by atoms with Crippen molar-refractivity contribution < 1.29 is 4.79 Å². The Morgan fingerprint density at radius 3 is 2.67 bits per heavy atom. The number of hydrogen-bond acceptors (Lipinski definition) is 1. The molecule has 3 heteroatoms. The van der Waals surface area contributed by atoms with Crippen molar-refractivity contribution in [2.24, 2.45) is 0 Å². The number of benzene rings is 1. The second-order valence-electron chi connectivity index (χ2n) is 3.37. The molecule has 0 saturated heterocycles. The molecule has 0 aliphatic heterocycles. The third-order valence-corrected chi connectivity index (χ3v) is 2.25. The van der Waals surface area contributed by atoms with E-state index >= 15 is 0 Å². The molecule has 0 fully saturated rings. The molecule has 15 heavy (non-hydrogen) atoms. The summed E-state index contributed by atoms with van der Waals surface area (Å²) in [6.07, 6.45) is 4.59. The monoisotopic (exact) mass is 200 g/mol. The first-order valence-electron chi connectivity index (χ1n) is 4.75. The van der Waals surface area contributed by atoms with Crippen LogP contribution in [0, 0.1) is 6.92 Å². The van der Waals surface area contributed by atoms with Gasteiger partial charge in [0.15, 0.2) is 0 Å². The molecule has 1 N–H and O–H groups in total. The summed E-state index contributed by atoms with van der Waals surface area (Å²) in [5.41, 5.74) is 2.91. The highest BCUT2D eigenvalue weighted by Crippen LogP contribution is 2.21. The number of nitrogens with zero attached hydrogens (tertiary/aromatic N) is 1. The van der Waals surface area contributed by atoms with Crippen LogP contribution in [0.2, 0.25) is 0 Å². The standard InChI is InChI=1S/C12H12N2O/c1-10-4-5-12(11(8-10)13-9-15)14-6-2-3-7-14/h2-9H,1H3,(H,13,15). The van der Waals surface area contributed by atoms with E-state index < -0.39 is 0 Å². The van der Waals surface area contributed by atoms with Crippen LogP contribution in [-0.4, -0.2) is 11.0 Å². The first-order chi connectivity index (χ1) is 7.31. The molecule has 0 atom stereocenters. The smallest absolute Gasteiger partial charge is 0.211 e. The molecule has 0 spiro atoms. The Bertz CT molecular complexity index is 460. The second-order valence-corrected chi connectivity index (χ2v) is 3.37. The zero-order valence-electron chi connectivity index (χ0n) is 8.47. The SMILES string of the molecule is Cc1ccc(-n2cccc2)c(NC=O)c1. The largest absolute Gasteiger partial charge is 0.327 e. The van der Waals surface area contributed by atoms with Gasteiger partial charge in [0.1, 0.15) is 0 Å². The van der Waals surface area contributed by atoms with Gasteiger partial charge in [0.05, 0.1) is 11.4 Å². The third-order valence-electron chi connectivity index (χ3n) is 2.25. The number of anilines is 1. The Labute approximate surface area is 88.3 Å². The van der Waals surface area contributed by atoms with E-state index in [0.717, 1.165) is 16.9 Å². The van der Waals surface area contributed by atoms with Crippen molar-refractivity contribution in [2.45, 2.75) is 6.92 Å². The highest BCUT2D eigenvalue weighted by molar-refractivity contribution is 5.77. The van der Waals surface area contributed by atoms with Crippen LogP contribution in [0.3, 0.4) is 0 Å². The first kappa shape index (κ1) is 9.52. The molecule has 0 unspecified atom stereocenters. The Hall–Kier alpha value is -2.03. The molecule has 2 aromatic rings. The fourth-order valence-corrected chi connectivity index (χ4v) is 1.55. The van der Waals surface area contributed by atoms with Gasteiger partial charge in [-0.05, 0) is 36.8 Å². The quantitative estimate of drug-likeness (QED) is 0.758. The van der Waals surface area contributed by atoms with Crippen molar-refractivity contribution >= 4 is 12.1 Å². The number of aryl methyl sites for hydroxylation is 1. The van der Waals surface area contributed by atoms with Crippen molar-refractivity contribution in [3.63, 3.8) is 0 Å². The molecule has 1 aromatic carbocycles. The summed E-state index contributed by atoms with van der Waals surface area (Å²) in [4.78, 5) is 10.5. The van der Waals surface area contributed by atoms with Crippen molar-refractivity contribution in [3.05, 3.63) is 48.3 Å². The highest BCUT2D eigenvalue weighted by Gasteiger charge is 2.02. The van der Waals surface area contributed by atoms with Crippen LogP contribution < -0.4 is 5.32 Å². The van der Waals surface area contributed by atoms with Gasteiger partial charge in [0.25, 0.3) is 0 Å². The molecular weight excluding hydrogens is 188 g/mol. The maximum atomic E-state index is 10.5. The normalized spacial score (nSPS) is 9.93. The Balaban J connectivity index is 2.50. The number of amides is 1. The van der Waals surface area contributed by atoms with Crippen LogP contribution in [-0.2, 0) is 4.79 Å². The van der Waals surface area contributed by atoms with Gasteiger partial charge < -0.3 is 9.88 Å².